The van der Waals surface area contributed by atoms with Gasteiger partial charge in [-0.3, -0.25) is 9.48 Å². The number of hydrogen-bond acceptors (Lipinski definition) is 6. The minimum atomic E-state index is -0.0776. The van der Waals surface area contributed by atoms with Crippen LogP contribution in [0.2, 0.25) is 0 Å². The summed E-state index contributed by atoms with van der Waals surface area (Å²) < 4.78 is 1.75. The van der Waals surface area contributed by atoms with E-state index in [0.29, 0.717) is 28.3 Å². The summed E-state index contributed by atoms with van der Waals surface area (Å²) in [4.78, 5) is 21.6. The zero-order valence-corrected chi connectivity index (χ0v) is 17.7. The first kappa shape index (κ1) is 19.7. The molecule has 0 spiro atoms. The average Bonchev–Trinajstić information content (AvgIpc) is 3.47. The van der Waals surface area contributed by atoms with Crippen molar-refractivity contribution in [1.82, 2.24) is 19.7 Å². The highest BCUT2D eigenvalue weighted by molar-refractivity contribution is 5.99. The van der Waals surface area contributed by atoms with Crippen LogP contribution >= 0.6 is 0 Å². The van der Waals surface area contributed by atoms with Crippen LogP contribution in [0.5, 0.6) is 0 Å². The molecule has 4 aromatic rings. The van der Waals surface area contributed by atoms with Gasteiger partial charge in [-0.25, -0.2) is 9.97 Å². The molecule has 1 fully saturated rings. The number of nitrogens with one attached hydrogen (secondary N) is 1. The lowest BCUT2D eigenvalue weighted by Crippen LogP contribution is -2.15. The second-order valence-corrected chi connectivity index (χ2v) is 8.21. The molecule has 1 amide bonds. The number of fused-ring (bicyclic) bond motifs is 1. The highest BCUT2D eigenvalue weighted by Crippen LogP contribution is 2.47. The van der Waals surface area contributed by atoms with Crippen molar-refractivity contribution in [3.05, 3.63) is 65.6 Å². The molecule has 32 heavy (non-hydrogen) atoms. The molecule has 8 nitrogen and oxygen atoms in total. The van der Waals surface area contributed by atoms with E-state index in [4.69, 9.17) is 5.73 Å². The lowest BCUT2D eigenvalue weighted by molar-refractivity contribution is -0.117. The lowest BCUT2D eigenvalue weighted by atomic mass is 10.0. The van der Waals surface area contributed by atoms with Crippen LogP contribution in [-0.2, 0) is 11.8 Å². The summed E-state index contributed by atoms with van der Waals surface area (Å²) in [6.07, 6.45) is 6.20. The van der Waals surface area contributed by atoms with Crippen LogP contribution in [0.1, 0.15) is 29.0 Å². The number of aryl methyl sites for hydroxylation is 2. The molecule has 1 saturated carbocycles. The quantitative estimate of drug-likeness (QED) is 0.518. The molecule has 0 bridgehead atoms. The number of nitrogens with zero attached hydrogens (tertiary/aromatic N) is 5. The Kier molecular flexibility index (Phi) is 4.59. The maximum absolute atomic E-state index is 12.7. The molecular weight excluding hydrogens is 402 g/mol. The van der Waals surface area contributed by atoms with Crippen LogP contribution in [0.4, 0.5) is 11.6 Å². The van der Waals surface area contributed by atoms with Gasteiger partial charge in [0.25, 0.3) is 0 Å². The number of benzene rings is 1. The second-order valence-electron chi connectivity index (χ2n) is 8.21. The van der Waals surface area contributed by atoms with Crippen molar-refractivity contribution in [1.29, 1.82) is 5.26 Å². The van der Waals surface area contributed by atoms with Crippen molar-refractivity contribution in [2.24, 2.45) is 13.0 Å². The second kappa shape index (κ2) is 7.46. The molecule has 5 rings (SSSR count). The molecule has 158 valence electrons. The minimum absolute atomic E-state index is 0.0504. The Morgan fingerprint density at radius 3 is 2.88 bits per heavy atom. The van der Waals surface area contributed by atoms with Crippen LogP contribution < -0.4 is 11.1 Å². The summed E-state index contributed by atoms with van der Waals surface area (Å²) in [7, 11) is 1.87. The predicted octanol–water partition coefficient (Wildman–Crippen LogP) is 3.53. The molecule has 0 saturated heterocycles. The van der Waals surface area contributed by atoms with Gasteiger partial charge in [0.2, 0.25) is 5.91 Å². The van der Waals surface area contributed by atoms with Gasteiger partial charge in [0.15, 0.2) is 0 Å². The summed E-state index contributed by atoms with van der Waals surface area (Å²) >= 11 is 0. The standard InChI is InChI=1S/C24H21N7O/c1-13-3-4-14(9-25)5-17(13)21-6-15-7-22(27-11-20(15)23(26)29-21)30-24(32)19-8-18(19)16-10-28-31(2)12-16/h3-7,10-12,18-19H,8H2,1-2H3,(H2,26,29)(H,27,30,32)/t18?,19-/m1/s1. The SMILES string of the molecule is Cc1ccc(C#N)cc1-c1cc2cc(NC(=O)[C@@H]3CC3c3cnn(C)c3)ncc2c(N)n1. The summed E-state index contributed by atoms with van der Waals surface area (Å²) in [5.41, 5.74) is 10.3. The first-order valence-corrected chi connectivity index (χ1v) is 10.3. The van der Waals surface area contributed by atoms with Gasteiger partial charge in [-0.1, -0.05) is 6.07 Å². The van der Waals surface area contributed by atoms with Gasteiger partial charge in [-0.2, -0.15) is 10.4 Å². The summed E-state index contributed by atoms with van der Waals surface area (Å²) in [5.74, 6) is 0.893. The maximum Gasteiger partial charge on any atom is 0.229 e. The third-order valence-electron chi connectivity index (χ3n) is 5.92. The highest BCUT2D eigenvalue weighted by atomic mass is 16.2. The van der Waals surface area contributed by atoms with Gasteiger partial charge >= 0.3 is 0 Å². The lowest BCUT2D eigenvalue weighted by Gasteiger charge is -2.11. The number of aromatic nitrogens is 4. The zero-order chi connectivity index (χ0) is 22.4. The van der Waals surface area contributed by atoms with Crippen molar-refractivity contribution in [2.75, 3.05) is 11.1 Å². The maximum atomic E-state index is 12.7. The van der Waals surface area contributed by atoms with Crippen molar-refractivity contribution in [3.63, 3.8) is 0 Å². The Labute approximate surface area is 184 Å². The molecule has 1 aromatic carbocycles. The van der Waals surface area contributed by atoms with Gasteiger partial charge < -0.3 is 11.1 Å². The van der Waals surface area contributed by atoms with E-state index in [2.05, 4.69) is 26.5 Å². The molecule has 0 aliphatic heterocycles. The number of nitrogen functional groups attached to an aromatic ring is 1. The Bertz CT molecular complexity index is 1420. The smallest absolute Gasteiger partial charge is 0.229 e. The Morgan fingerprint density at radius 1 is 1.28 bits per heavy atom. The van der Waals surface area contributed by atoms with Crippen molar-refractivity contribution in [2.45, 2.75) is 19.3 Å². The van der Waals surface area contributed by atoms with E-state index >= 15 is 0 Å². The summed E-state index contributed by atoms with van der Waals surface area (Å²) in [5, 5.41) is 17.9. The number of hydrogen-bond donors (Lipinski definition) is 2. The fourth-order valence-corrected chi connectivity index (χ4v) is 4.05. The number of carbonyl (C=O) groups is 1. The Hall–Kier alpha value is -4.25. The van der Waals surface area contributed by atoms with Crippen molar-refractivity contribution >= 4 is 28.3 Å². The number of carbonyl (C=O) groups excluding carboxylic acids is 1. The van der Waals surface area contributed by atoms with Crippen molar-refractivity contribution < 1.29 is 4.79 Å². The molecular formula is C24H21N7O. The molecule has 0 radical (unpaired) electrons. The molecule has 1 unspecified atom stereocenters. The fraction of sp³-hybridized carbons (Fsp3) is 0.208. The molecule has 8 heteroatoms. The first-order valence-electron chi connectivity index (χ1n) is 10.3. The van der Waals surface area contributed by atoms with Crippen LogP contribution in [0.25, 0.3) is 22.0 Å². The minimum Gasteiger partial charge on any atom is -0.383 e. The molecule has 3 heterocycles. The molecule has 1 aliphatic rings. The number of anilines is 2. The first-order chi connectivity index (χ1) is 15.4. The van der Waals surface area contributed by atoms with E-state index in [0.717, 1.165) is 28.5 Å². The predicted molar refractivity (Wildman–Crippen MR) is 122 cm³/mol. The highest BCUT2D eigenvalue weighted by Gasteiger charge is 2.44. The van der Waals surface area contributed by atoms with E-state index in [-0.39, 0.29) is 17.7 Å². The van der Waals surface area contributed by atoms with E-state index in [9.17, 15) is 10.1 Å². The molecule has 3 aromatic heterocycles. The number of amides is 1. The number of nitriles is 1. The normalized spacial score (nSPS) is 17.2. The van der Waals surface area contributed by atoms with E-state index < -0.39 is 0 Å². The third-order valence-corrected chi connectivity index (χ3v) is 5.92. The van der Waals surface area contributed by atoms with Gasteiger partial charge in [-0.05, 0) is 60.0 Å². The van der Waals surface area contributed by atoms with Gasteiger partial charge in [-0.15, -0.1) is 0 Å². The number of nitrogens with two attached hydrogens (primary N) is 1. The average molecular weight is 423 g/mol. The van der Waals surface area contributed by atoms with Crippen LogP contribution in [0, 0.1) is 24.2 Å². The van der Waals surface area contributed by atoms with Crippen LogP contribution in [0.3, 0.4) is 0 Å². The number of pyridine rings is 2. The topological polar surface area (TPSA) is 123 Å². The molecule has 2 atom stereocenters. The van der Waals surface area contributed by atoms with E-state index in [1.165, 1.54) is 0 Å². The Morgan fingerprint density at radius 2 is 2.12 bits per heavy atom. The van der Waals surface area contributed by atoms with E-state index in [1.807, 2.05) is 38.5 Å². The zero-order valence-electron chi connectivity index (χ0n) is 17.7. The van der Waals surface area contributed by atoms with Crippen molar-refractivity contribution in [3.8, 4) is 17.3 Å². The third kappa shape index (κ3) is 3.54. The largest absolute Gasteiger partial charge is 0.383 e. The molecule has 1 aliphatic carbocycles. The van der Waals surface area contributed by atoms with Gasteiger partial charge in [0.1, 0.15) is 11.6 Å². The summed E-state index contributed by atoms with van der Waals surface area (Å²) in [6.45, 7) is 1.96. The van der Waals surface area contributed by atoms with Gasteiger partial charge in [0, 0.05) is 36.3 Å². The monoisotopic (exact) mass is 423 g/mol. The van der Waals surface area contributed by atoms with Crippen LogP contribution in [-0.4, -0.2) is 25.7 Å². The van der Waals surface area contributed by atoms with Crippen LogP contribution in [0.15, 0.2) is 48.9 Å². The molecule has 3 N–H and O–H groups in total. The van der Waals surface area contributed by atoms with E-state index in [1.54, 1.807) is 29.1 Å². The fourth-order valence-electron chi connectivity index (χ4n) is 4.05. The van der Waals surface area contributed by atoms with Gasteiger partial charge in [0.05, 0.1) is 23.5 Å². The summed E-state index contributed by atoms with van der Waals surface area (Å²) in [6, 6.07) is 11.3. The Balaban J connectivity index is 1.42. The number of rotatable bonds is 4.